The molecular weight excluding hydrogens is 302 g/mol. The Hall–Kier alpha value is -1.86. The van der Waals surface area contributed by atoms with Crippen molar-refractivity contribution < 1.29 is 0 Å². The summed E-state index contributed by atoms with van der Waals surface area (Å²) in [5.41, 5.74) is 8.62. The minimum absolute atomic E-state index is 0.626. The predicted octanol–water partition coefficient (Wildman–Crippen LogP) is 5.29. The van der Waals surface area contributed by atoms with E-state index in [0.717, 1.165) is 25.4 Å². The van der Waals surface area contributed by atoms with Crippen LogP contribution in [0.2, 0.25) is 0 Å². The maximum atomic E-state index is 4.50. The van der Waals surface area contributed by atoms with Crippen molar-refractivity contribution in [3.05, 3.63) is 76.9 Å². The molecule has 2 aromatic carbocycles. The largest absolute Gasteiger partial charge is 0.304 e. The molecule has 0 saturated carbocycles. The molecule has 0 saturated heterocycles. The van der Waals surface area contributed by atoms with E-state index in [4.69, 9.17) is 0 Å². The van der Waals surface area contributed by atoms with E-state index in [2.05, 4.69) is 67.8 Å². The van der Waals surface area contributed by atoms with Gasteiger partial charge in [0, 0.05) is 6.54 Å². The van der Waals surface area contributed by atoms with Gasteiger partial charge in [-0.05, 0) is 77.6 Å². The van der Waals surface area contributed by atoms with Crippen LogP contribution in [0.5, 0.6) is 0 Å². The molecule has 0 amide bonds. The molecule has 1 heteroatoms. The highest BCUT2D eigenvalue weighted by Gasteiger charge is 2.35. The van der Waals surface area contributed by atoms with Gasteiger partial charge in [0.15, 0.2) is 0 Å². The zero-order valence-corrected chi connectivity index (χ0v) is 15.6. The first kappa shape index (κ1) is 16.6. The molecule has 4 rings (SSSR count). The molecule has 2 aliphatic rings. The monoisotopic (exact) mass is 331 g/mol. The van der Waals surface area contributed by atoms with Crippen LogP contribution in [0, 0.1) is 5.92 Å². The SMILES string of the molecule is C=C1c2ccccc2CC2c3c(cccc31)CCC2CN(CC)CC. The molecule has 0 aromatic heterocycles. The number of fused-ring (bicyclic) bond motifs is 1. The number of benzene rings is 2. The first-order chi connectivity index (χ1) is 12.2. The van der Waals surface area contributed by atoms with E-state index in [1.165, 1.54) is 41.6 Å². The van der Waals surface area contributed by atoms with E-state index >= 15 is 0 Å². The first-order valence-corrected chi connectivity index (χ1v) is 9.84. The lowest BCUT2D eigenvalue weighted by Gasteiger charge is -2.37. The van der Waals surface area contributed by atoms with Crippen LogP contribution < -0.4 is 0 Å². The summed E-state index contributed by atoms with van der Waals surface area (Å²) in [4.78, 5) is 2.60. The molecule has 0 spiro atoms. The van der Waals surface area contributed by atoms with E-state index in [1.54, 1.807) is 11.1 Å². The molecule has 25 heavy (non-hydrogen) atoms. The average Bonchev–Trinajstić information content (AvgIpc) is 2.78. The van der Waals surface area contributed by atoms with Crippen molar-refractivity contribution in [2.45, 2.75) is 39.0 Å². The zero-order chi connectivity index (χ0) is 17.4. The lowest BCUT2D eigenvalue weighted by atomic mass is 9.71. The molecular formula is C24H29N. The molecule has 0 bridgehead atoms. The Balaban J connectivity index is 1.82. The summed E-state index contributed by atoms with van der Waals surface area (Å²) in [6.07, 6.45) is 3.69. The minimum atomic E-state index is 0.626. The molecule has 0 N–H and O–H groups in total. The standard InChI is InChI=1S/C24H29N/c1-4-25(5-2)16-20-14-13-18-10-8-12-22-17(3)21-11-7-6-9-19(21)15-23(20)24(18)22/h6-12,20,23H,3-5,13-16H2,1-2H3. The normalized spacial score (nSPS) is 21.6. The fourth-order valence-electron chi connectivity index (χ4n) is 4.99. The lowest BCUT2D eigenvalue weighted by molar-refractivity contribution is 0.215. The molecule has 0 heterocycles. The Morgan fingerprint density at radius 1 is 0.960 bits per heavy atom. The van der Waals surface area contributed by atoms with Crippen molar-refractivity contribution in [1.82, 2.24) is 4.90 Å². The maximum Gasteiger partial charge on any atom is 0.00155 e. The Morgan fingerprint density at radius 2 is 1.68 bits per heavy atom. The van der Waals surface area contributed by atoms with Gasteiger partial charge in [0.25, 0.3) is 0 Å². The first-order valence-electron chi connectivity index (χ1n) is 9.84. The second-order valence-corrected chi connectivity index (χ2v) is 7.61. The number of hydrogen-bond acceptors (Lipinski definition) is 1. The summed E-state index contributed by atoms with van der Waals surface area (Å²) < 4.78 is 0. The number of aryl methyl sites for hydroxylation is 1. The van der Waals surface area contributed by atoms with Crippen molar-refractivity contribution in [2.24, 2.45) is 5.92 Å². The van der Waals surface area contributed by atoms with Crippen LogP contribution in [-0.2, 0) is 12.8 Å². The van der Waals surface area contributed by atoms with Crippen LogP contribution in [0.3, 0.4) is 0 Å². The van der Waals surface area contributed by atoms with Crippen LogP contribution in [0.1, 0.15) is 54.0 Å². The summed E-state index contributed by atoms with van der Waals surface area (Å²) in [7, 11) is 0. The highest BCUT2D eigenvalue weighted by atomic mass is 15.1. The van der Waals surface area contributed by atoms with Crippen molar-refractivity contribution in [1.29, 1.82) is 0 Å². The van der Waals surface area contributed by atoms with Crippen LogP contribution in [-0.4, -0.2) is 24.5 Å². The van der Waals surface area contributed by atoms with E-state index < -0.39 is 0 Å². The minimum Gasteiger partial charge on any atom is -0.304 e. The summed E-state index contributed by atoms with van der Waals surface area (Å²) >= 11 is 0. The van der Waals surface area contributed by atoms with E-state index in [9.17, 15) is 0 Å². The zero-order valence-electron chi connectivity index (χ0n) is 15.6. The third-order valence-corrected chi connectivity index (χ3v) is 6.42. The van der Waals surface area contributed by atoms with Gasteiger partial charge in [-0.25, -0.2) is 0 Å². The maximum absolute atomic E-state index is 4.50. The molecule has 130 valence electrons. The highest BCUT2D eigenvalue weighted by molar-refractivity contribution is 5.83. The summed E-state index contributed by atoms with van der Waals surface area (Å²) in [6.45, 7) is 12.6. The number of nitrogens with zero attached hydrogens (tertiary/aromatic N) is 1. The number of rotatable bonds is 4. The third-order valence-electron chi connectivity index (χ3n) is 6.42. The van der Waals surface area contributed by atoms with Gasteiger partial charge in [-0.15, -0.1) is 0 Å². The van der Waals surface area contributed by atoms with E-state index in [0.29, 0.717) is 5.92 Å². The Morgan fingerprint density at radius 3 is 2.48 bits per heavy atom. The van der Waals surface area contributed by atoms with Gasteiger partial charge in [0.2, 0.25) is 0 Å². The Labute approximate surface area is 152 Å². The molecule has 2 aromatic rings. The predicted molar refractivity (Wildman–Crippen MR) is 107 cm³/mol. The molecule has 2 atom stereocenters. The van der Waals surface area contributed by atoms with Crippen LogP contribution in [0.25, 0.3) is 5.57 Å². The molecule has 2 aliphatic carbocycles. The van der Waals surface area contributed by atoms with E-state index in [-0.39, 0.29) is 0 Å². The summed E-state index contributed by atoms with van der Waals surface area (Å²) in [5.74, 6) is 1.37. The fraction of sp³-hybridized carbons (Fsp3) is 0.417. The highest BCUT2D eigenvalue weighted by Crippen LogP contribution is 2.46. The quantitative estimate of drug-likeness (QED) is 0.735. The van der Waals surface area contributed by atoms with Crippen LogP contribution in [0.4, 0.5) is 0 Å². The van der Waals surface area contributed by atoms with Crippen molar-refractivity contribution in [2.75, 3.05) is 19.6 Å². The van der Waals surface area contributed by atoms with Crippen molar-refractivity contribution in [3.63, 3.8) is 0 Å². The Kier molecular flexibility index (Phi) is 4.52. The molecule has 1 nitrogen and oxygen atoms in total. The molecule has 0 fully saturated rings. The van der Waals surface area contributed by atoms with Crippen LogP contribution >= 0.6 is 0 Å². The Bertz CT molecular complexity index is 784. The van der Waals surface area contributed by atoms with Gasteiger partial charge in [-0.2, -0.15) is 0 Å². The van der Waals surface area contributed by atoms with E-state index in [1.807, 2.05) is 0 Å². The smallest absolute Gasteiger partial charge is 0.00155 e. The van der Waals surface area contributed by atoms with Gasteiger partial charge in [-0.1, -0.05) is 62.9 Å². The van der Waals surface area contributed by atoms with Gasteiger partial charge in [0.05, 0.1) is 0 Å². The molecule has 0 radical (unpaired) electrons. The topological polar surface area (TPSA) is 3.24 Å². The second kappa shape index (κ2) is 6.80. The lowest BCUT2D eigenvalue weighted by Crippen LogP contribution is -2.35. The summed E-state index contributed by atoms with van der Waals surface area (Å²) in [5, 5.41) is 0. The van der Waals surface area contributed by atoms with Crippen molar-refractivity contribution in [3.8, 4) is 0 Å². The van der Waals surface area contributed by atoms with Gasteiger partial charge >= 0.3 is 0 Å². The van der Waals surface area contributed by atoms with Crippen molar-refractivity contribution >= 4 is 5.57 Å². The summed E-state index contributed by atoms with van der Waals surface area (Å²) in [6, 6.07) is 15.8. The van der Waals surface area contributed by atoms with Gasteiger partial charge in [-0.3, -0.25) is 0 Å². The van der Waals surface area contributed by atoms with Gasteiger partial charge in [0.1, 0.15) is 0 Å². The third kappa shape index (κ3) is 2.85. The molecule has 0 aliphatic heterocycles. The number of hydrogen-bond donors (Lipinski definition) is 0. The average molecular weight is 332 g/mol. The van der Waals surface area contributed by atoms with Crippen LogP contribution in [0.15, 0.2) is 49.0 Å². The van der Waals surface area contributed by atoms with Gasteiger partial charge < -0.3 is 4.90 Å². The fourth-order valence-corrected chi connectivity index (χ4v) is 4.99. The second-order valence-electron chi connectivity index (χ2n) is 7.61. The molecule has 2 unspecified atom stereocenters.